The van der Waals surface area contributed by atoms with Crippen LogP contribution in [0.4, 0.5) is 8.78 Å². The van der Waals surface area contributed by atoms with E-state index in [0.717, 1.165) is 12.8 Å². The molecule has 2 unspecified atom stereocenters. The number of aliphatic hydroxyl groups excluding tert-OH is 1. The lowest BCUT2D eigenvalue weighted by atomic mass is 9.88. The molecule has 6 heteroatoms. The van der Waals surface area contributed by atoms with Crippen molar-refractivity contribution in [3.05, 3.63) is 47.7 Å². The molecular weight excluding hydrogens is 328 g/mol. The third kappa shape index (κ3) is 3.60. The second-order valence-corrected chi connectivity index (χ2v) is 6.72. The highest BCUT2D eigenvalue weighted by atomic mass is 19.3. The normalized spacial score (nSPS) is 23.3. The van der Waals surface area contributed by atoms with Crippen molar-refractivity contribution < 1.29 is 23.4 Å². The number of carbonyl (C=O) groups is 1. The molecule has 4 nitrogen and oxygen atoms in total. The van der Waals surface area contributed by atoms with E-state index in [1.165, 1.54) is 12.1 Å². The Bertz CT molecular complexity index is 656. The van der Waals surface area contributed by atoms with Gasteiger partial charge in [-0.05, 0) is 43.4 Å². The van der Waals surface area contributed by atoms with Crippen molar-refractivity contribution >= 4 is 5.78 Å². The topological polar surface area (TPSA) is 49.8 Å². The van der Waals surface area contributed by atoms with E-state index in [9.17, 15) is 13.6 Å². The first-order valence-corrected chi connectivity index (χ1v) is 8.60. The van der Waals surface area contributed by atoms with Crippen LogP contribution in [0.1, 0.15) is 36.9 Å². The fraction of sp³-hybridized carbons (Fsp3) is 0.526. The zero-order valence-corrected chi connectivity index (χ0v) is 14.2. The third-order valence-electron chi connectivity index (χ3n) is 5.17. The van der Waals surface area contributed by atoms with Crippen LogP contribution in [0.5, 0.6) is 0 Å². The summed E-state index contributed by atoms with van der Waals surface area (Å²) in [5.74, 6) is -3.00. The maximum Gasteiger partial charge on any atom is 0.295 e. The zero-order chi connectivity index (χ0) is 18.0. The smallest absolute Gasteiger partial charge is 0.295 e. The summed E-state index contributed by atoms with van der Waals surface area (Å²) in [6.07, 6.45) is 4.99. The molecule has 3 rings (SSSR count). The summed E-state index contributed by atoms with van der Waals surface area (Å²) in [6, 6.07) is 5.59. The molecule has 2 heterocycles. The summed E-state index contributed by atoms with van der Waals surface area (Å²) >= 11 is 0. The summed E-state index contributed by atoms with van der Waals surface area (Å²) in [5.41, 5.74) is 0.485. The number of hydrogen-bond donors (Lipinski definition) is 1. The van der Waals surface area contributed by atoms with Crippen LogP contribution in [-0.4, -0.2) is 41.7 Å². The first-order valence-electron chi connectivity index (χ1n) is 8.60. The second kappa shape index (κ2) is 7.22. The van der Waals surface area contributed by atoms with E-state index in [1.54, 1.807) is 24.4 Å². The number of aliphatic hydroxyl groups is 1. The van der Waals surface area contributed by atoms with Gasteiger partial charge in [-0.1, -0.05) is 18.2 Å². The highest BCUT2D eigenvalue weighted by Crippen LogP contribution is 2.35. The van der Waals surface area contributed by atoms with Gasteiger partial charge in [-0.2, -0.15) is 8.78 Å². The third-order valence-corrected chi connectivity index (χ3v) is 5.17. The Kier molecular flexibility index (Phi) is 5.20. The van der Waals surface area contributed by atoms with Crippen molar-refractivity contribution in [3.63, 3.8) is 0 Å². The largest absolute Gasteiger partial charge is 0.390 e. The van der Waals surface area contributed by atoms with E-state index in [0.29, 0.717) is 18.8 Å². The molecule has 0 amide bonds. The minimum Gasteiger partial charge on any atom is -0.390 e. The molecule has 136 valence electrons. The highest BCUT2D eigenvalue weighted by Gasteiger charge is 2.38. The number of alkyl halides is 2. The molecule has 0 spiro atoms. The van der Waals surface area contributed by atoms with Gasteiger partial charge in [-0.3, -0.25) is 4.79 Å². The van der Waals surface area contributed by atoms with Gasteiger partial charge in [0, 0.05) is 25.0 Å². The number of ketones is 1. The second-order valence-electron chi connectivity index (χ2n) is 6.72. The number of halogens is 2. The molecular formula is C19H23F2NO3. The van der Waals surface area contributed by atoms with E-state index in [2.05, 4.69) is 0 Å². The number of ether oxygens (including phenoxy) is 1. The van der Waals surface area contributed by atoms with Crippen molar-refractivity contribution in [1.29, 1.82) is 0 Å². The molecule has 0 bridgehead atoms. The predicted octanol–water partition coefficient (Wildman–Crippen LogP) is 3.03. The van der Waals surface area contributed by atoms with E-state index >= 15 is 0 Å². The van der Waals surface area contributed by atoms with Crippen LogP contribution in [0.15, 0.2) is 36.5 Å². The van der Waals surface area contributed by atoms with Gasteiger partial charge in [0.05, 0.1) is 12.1 Å². The number of hydrogen-bond acceptors (Lipinski definition) is 4. The molecule has 1 saturated heterocycles. The van der Waals surface area contributed by atoms with Crippen molar-refractivity contribution in [2.45, 2.75) is 37.8 Å². The summed E-state index contributed by atoms with van der Waals surface area (Å²) < 4.78 is 33.0. The van der Waals surface area contributed by atoms with Crippen molar-refractivity contribution in [1.82, 2.24) is 4.90 Å². The Balaban J connectivity index is 1.84. The molecule has 0 aliphatic carbocycles. The minimum atomic E-state index is -3.27. The monoisotopic (exact) mass is 351 g/mol. The summed E-state index contributed by atoms with van der Waals surface area (Å²) in [7, 11) is 0. The van der Waals surface area contributed by atoms with Crippen molar-refractivity contribution in [2.75, 3.05) is 19.8 Å². The lowest BCUT2D eigenvalue weighted by Crippen LogP contribution is -2.42. The Labute approximate surface area is 146 Å². The molecule has 1 N–H and O–H groups in total. The van der Waals surface area contributed by atoms with Crippen molar-refractivity contribution in [3.8, 4) is 0 Å². The van der Waals surface area contributed by atoms with Crippen LogP contribution in [0.3, 0.4) is 0 Å². The highest BCUT2D eigenvalue weighted by molar-refractivity contribution is 5.96. The maximum absolute atomic E-state index is 13.8. The lowest BCUT2D eigenvalue weighted by Gasteiger charge is -2.37. The quantitative estimate of drug-likeness (QED) is 0.886. The number of benzene rings is 1. The Morgan fingerprint density at radius 3 is 2.76 bits per heavy atom. The SMILES string of the molecule is CC(c1cccc(C(F)(F)CO)c1)N1C=CC(=O)C1C1CCOCC1. The molecule has 25 heavy (non-hydrogen) atoms. The maximum atomic E-state index is 13.8. The summed E-state index contributed by atoms with van der Waals surface area (Å²) in [4.78, 5) is 14.3. The van der Waals surface area contributed by atoms with Gasteiger partial charge in [0.25, 0.3) is 5.92 Å². The first-order chi connectivity index (χ1) is 11.9. The Morgan fingerprint density at radius 2 is 2.08 bits per heavy atom. The number of carbonyl (C=O) groups excluding carboxylic acids is 1. The van der Waals surface area contributed by atoms with Crippen LogP contribution in [0.2, 0.25) is 0 Å². The molecule has 1 aromatic rings. The van der Waals surface area contributed by atoms with Gasteiger partial charge in [0.2, 0.25) is 0 Å². The molecule has 0 radical (unpaired) electrons. The van der Waals surface area contributed by atoms with Crippen LogP contribution in [0, 0.1) is 5.92 Å². The van der Waals surface area contributed by atoms with E-state index in [-0.39, 0.29) is 29.3 Å². The first kappa shape index (κ1) is 18.0. The standard InChI is InChI=1S/C19H23F2NO3/c1-13(15-3-2-4-16(11-15)19(20,21)12-23)22-8-5-17(24)18(22)14-6-9-25-10-7-14/h2-5,8,11,13-14,18,23H,6-7,9-10,12H2,1H3. The number of rotatable bonds is 5. The summed E-state index contributed by atoms with van der Waals surface area (Å²) in [6.45, 7) is 1.98. The lowest BCUT2D eigenvalue weighted by molar-refractivity contribution is -0.120. The molecule has 1 fully saturated rings. The number of nitrogens with zero attached hydrogens (tertiary/aromatic N) is 1. The van der Waals surface area contributed by atoms with Crippen LogP contribution < -0.4 is 0 Å². The van der Waals surface area contributed by atoms with E-state index in [4.69, 9.17) is 9.84 Å². The fourth-order valence-corrected chi connectivity index (χ4v) is 3.66. The fourth-order valence-electron chi connectivity index (χ4n) is 3.66. The van der Waals surface area contributed by atoms with Crippen LogP contribution >= 0.6 is 0 Å². The predicted molar refractivity (Wildman–Crippen MR) is 89.2 cm³/mol. The van der Waals surface area contributed by atoms with Crippen molar-refractivity contribution in [2.24, 2.45) is 5.92 Å². The minimum absolute atomic E-state index is 0.0654. The molecule has 0 saturated carbocycles. The van der Waals surface area contributed by atoms with Gasteiger partial charge < -0.3 is 14.7 Å². The zero-order valence-electron chi connectivity index (χ0n) is 14.2. The van der Waals surface area contributed by atoms with Crippen LogP contribution in [-0.2, 0) is 15.5 Å². The molecule has 1 aromatic carbocycles. The van der Waals surface area contributed by atoms with E-state index in [1.807, 2.05) is 11.8 Å². The Hall–Kier alpha value is -1.79. The van der Waals surface area contributed by atoms with Crippen LogP contribution in [0.25, 0.3) is 0 Å². The average Bonchev–Trinajstić information content (AvgIpc) is 3.03. The summed E-state index contributed by atoms with van der Waals surface area (Å²) in [5, 5.41) is 8.91. The molecule has 2 atom stereocenters. The van der Waals surface area contributed by atoms with Gasteiger partial charge in [-0.15, -0.1) is 0 Å². The van der Waals surface area contributed by atoms with Gasteiger partial charge in [0.1, 0.15) is 6.61 Å². The van der Waals surface area contributed by atoms with Gasteiger partial charge >= 0.3 is 0 Å². The van der Waals surface area contributed by atoms with E-state index < -0.39 is 12.5 Å². The molecule has 2 aliphatic rings. The average molecular weight is 351 g/mol. The van der Waals surface area contributed by atoms with Gasteiger partial charge in [0.15, 0.2) is 5.78 Å². The molecule has 2 aliphatic heterocycles. The Morgan fingerprint density at radius 1 is 1.36 bits per heavy atom. The molecule has 0 aromatic heterocycles. The van der Waals surface area contributed by atoms with Gasteiger partial charge in [-0.25, -0.2) is 0 Å².